The van der Waals surface area contributed by atoms with Crippen molar-refractivity contribution in [1.29, 1.82) is 0 Å². The molecule has 0 atom stereocenters. The maximum atomic E-state index is 12.4. The van der Waals surface area contributed by atoms with Gasteiger partial charge in [0.15, 0.2) is 0 Å². The smallest absolute Gasteiger partial charge is 0.329 e. The van der Waals surface area contributed by atoms with Gasteiger partial charge in [-0.3, -0.25) is 0 Å². The fourth-order valence-electron chi connectivity index (χ4n) is 1.87. The van der Waals surface area contributed by atoms with E-state index < -0.39 is 30.8 Å². The molecule has 0 radical (unpaired) electrons. The van der Waals surface area contributed by atoms with Crippen molar-refractivity contribution in [2.75, 3.05) is 13.6 Å². The Kier molecular flexibility index (Phi) is 5.42. The lowest BCUT2D eigenvalue weighted by Crippen LogP contribution is -2.41. The second kappa shape index (κ2) is 7.22. The Morgan fingerprint density at radius 2 is 1.77 bits per heavy atom. The van der Waals surface area contributed by atoms with Crippen LogP contribution in [0.5, 0.6) is 0 Å². The molecule has 2 rings (SSSR count). The summed E-state index contributed by atoms with van der Waals surface area (Å²) in [6.07, 6.45) is -9.27. The standard InChI is InChI=1S/C14H12F6N4O2/c1-24(12(25)21-7-13(15,16)17)6-8-2-4-9(5-3-8)10-22-11(26-23-10)14(18,19)20/h2-5H,6-7H2,1H3,(H,21,25). The molecule has 2 aromatic rings. The molecule has 0 bridgehead atoms. The van der Waals surface area contributed by atoms with Gasteiger partial charge in [0.05, 0.1) is 0 Å². The molecule has 0 aliphatic rings. The van der Waals surface area contributed by atoms with Crippen LogP contribution in [-0.4, -0.2) is 40.8 Å². The van der Waals surface area contributed by atoms with Crippen molar-refractivity contribution in [3.05, 3.63) is 35.7 Å². The Balaban J connectivity index is 1.99. The molecule has 0 aliphatic carbocycles. The van der Waals surface area contributed by atoms with Crippen LogP contribution in [0.15, 0.2) is 28.8 Å². The molecule has 1 aromatic carbocycles. The van der Waals surface area contributed by atoms with E-state index in [2.05, 4.69) is 14.7 Å². The van der Waals surface area contributed by atoms with Crippen LogP contribution in [0.25, 0.3) is 11.4 Å². The van der Waals surface area contributed by atoms with Crippen molar-refractivity contribution in [2.45, 2.75) is 18.9 Å². The van der Waals surface area contributed by atoms with Gasteiger partial charge in [0, 0.05) is 19.2 Å². The molecular formula is C14H12F6N4O2. The van der Waals surface area contributed by atoms with E-state index >= 15 is 0 Å². The number of carbonyl (C=O) groups is 1. The zero-order chi connectivity index (χ0) is 19.5. The molecule has 1 heterocycles. The number of rotatable bonds is 4. The predicted molar refractivity (Wildman–Crippen MR) is 75.7 cm³/mol. The summed E-state index contributed by atoms with van der Waals surface area (Å²) in [7, 11) is 1.30. The summed E-state index contributed by atoms with van der Waals surface area (Å²) in [5.41, 5.74) is 0.787. The molecule has 142 valence electrons. The van der Waals surface area contributed by atoms with Gasteiger partial charge in [-0.05, 0) is 5.56 Å². The average molecular weight is 382 g/mol. The third-order valence-corrected chi connectivity index (χ3v) is 3.09. The Labute approximate surface area is 142 Å². The number of nitrogens with one attached hydrogen (secondary N) is 1. The average Bonchev–Trinajstić information content (AvgIpc) is 3.02. The van der Waals surface area contributed by atoms with Crippen molar-refractivity contribution in [3.63, 3.8) is 0 Å². The minimum atomic E-state index is -4.75. The normalized spacial score (nSPS) is 12.1. The van der Waals surface area contributed by atoms with E-state index in [0.29, 0.717) is 5.56 Å². The van der Waals surface area contributed by atoms with E-state index in [9.17, 15) is 31.1 Å². The summed E-state index contributed by atoms with van der Waals surface area (Å²) in [6, 6.07) is 4.85. The number of benzene rings is 1. The van der Waals surface area contributed by atoms with Crippen LogP contribution in [0.1, 0.15) is 11.5 Å². The lowest BCUT2D eigenvalue weighted by Gasteiger charge is -2.18. The molecule has 0 saturated carbocycles. The molecule has 0 saturated heterocycles. The number of nitrogens with zero attached hydrogens (tertiary/aromatic N) is 3. The summed E-state index contributed by atoms with van der Waals surface area (Å²) in [6.45, 7) is -1.46. The Bertz CT molecular complexity index is 754. The quantitative estimate of drug-likeness (QED) is 0.823. The lowest BCUT2D eigenvalue weighted by atomic mass is 10.1. The van der Waals surface area contributed by atoms with Crippen LogP contribution >= 0.6 is 0 Å². The Morgan fingerprint density at radius 1 is 1.15 bits per heavy atom. The predicted octanol–water partition coefficient (Wildman–Crippen LogP) is 3.46. The van der Waals surface area contributed by atoms with Crippen LogP contribution in [0.4, 0.5) is 31.1 Å². The van der Waals surface area contributed by atoms with Gasteiger partial charge in [-0.15, -0.1) is 0 Å². The highest BCUT2D eigenvalue weighted by Crippen LogP contribution is 2.29. The number of aromatic nitrogens is 2. The Morgan fingerprint density at radius 3 is 2.27 bits per heavy atom. The van der Waals surface area contributed by atoms with E-state index in [1.807, 2.05) is 0 Å². The van der Waals surface area contributed by atoms with Crippen molar-refractivity contribution < 1.29 is 35.7 Å². The first-order valence-corrected chi connectivity index (χ1v) is 7.01. The maximum absolute atomic E-state index is 12.4. The monoisotopic (exact) mass is 382 g/mol. The van der Waals surface area contributed by atoms with Gasteiger partial charge in [0.2, 0.25) is 5.82 Å². The van der Waals surface area contributed by atoms with Crippen molar-refractivity contribution in [1.82, 2.24) is 20.4 Å². The summed E-state index contributed by atoms with van der Waals surface area (Å²) >= 11 is 0. The van der Waals surface area contributed by atoms with Gasteiger partial charge < -0.3 is 14.7 Å². The number of hydrogen-bond acceptors (Lipinski definition) is 4. The summed E-state index contributed by atoms with van der Waals surface area (Å²) in [5.74, 6) is -1.74. The molecule has 1 aromatic heterocycles. The van der Waals surface area contributed by atoms with Gasteiger partial charge in [0.25, 0.3) is 0 Å². The van der Waals surface area contributed by atoms with Gasteiger partial charge >= 0.3 is 24.3 Å². The molecule has 12 heteroatoms. The van der Waals surface area contributed by atoms with E-state index in [1.54, 1.807) is 5.32 Å². The largest absolute Gasteiger partial charge is 0.471 e. The summed E-state index contributed by atoms with van der Waals surface area (Å²) < 4.78 is 77.6. The molecule has 0 aliphatic heterocycles. The molecule has 26 heavy (non-hydrogen) atoms. The molecule has 2 amide bonds. The first-order valence-electron chi connectivity index (χ1n) is 7.01. The number of hydrogen-bond donors (Lipinski definition) is 1. The van der Waals surface area contributed by atoms with Gasteiger partial charge in [0.1, 0.15) is 6.54 Å². The van der Waals surface area contributed by atoms with E-state index in [-0.39, 0.29) is 17.9 Å². The van der Waals surface area contributed by atoms with E-state index in [1.165, 1.54) is 31.3 Å². The van der Waals surface area contributed by atoms with Crippen LogP contribution in [0, 0.1) is 0 Å². The molecule has 0 fully saturated rings. The zero-order valence-corrected chi connectivity index (χ0v) is 13.1. The number of carbonyl (C=O) groups excluding carboxylic acids is 1. The minimum Gasteiger partial charge on any atom is -0.329 e. The van der Waals surface area contributed by atoms with E-state index in [4.69, 9.17) is 0 Å². The Hall–Kier alpha value is -2.79. The van der Waals surface area contributed by atoms with Crippen LogP contribution < -0.4 is 5.32 Å². The number of halogens is 6. The highest BCUT2D eigenvalue weighted by atomic mass is 19.4. The third-order valence-electron chi connectivity index (χ3n) is 3.09. The second-order valence-corrected chi connectivity index (χ2v) is 5.25. The molecular weight excluding hydrogens is 370 g/mol. The van der Waals surface area contributed by atoms with Gasteiger partial charge in [-0.25, -0.2) is 4.79 Å². The SMILES string of the molecule is CN(Cc1ccc(-c2noc(C(F)(F)F)n2)cc1)C(=O)NCC(F)(F)F. The fraction of sp³-hybridized carbons (Fsp3) is 0.357. The highest BCUT2D eigenvalue weighted by molar-refractivity contribution is 5.73. The minimum absolute atomic E-state index is 0.00991. The number of amides is 2. The fourth-order valence-corrected chi connectivity index (χ4v) is 1.87. The van der Waals surface area contributed by atoms with Crippen molar-refractivity contribution in [2.24, 2.45) is 0 Å². The third kappa shape index (κ3) is 5.36. The molecule has 6 nitrogen and oxygen atoms in total. The van der Waals surface area contributed by atoms with Crippen molar-refractivity contribution in [3.8, 4) is 11.4 Å². The highest BCUT2D eigenvalue weighted by Gasteiger charge is 2.38. The summed E-state index contributed by atoms with van der Waals surface area (Å²) in [5, 5.41) is 4.95. The van der Waals surface area contributed by atoms with Crippen LogP contribution in [0.3, 0.4) is 0 Å². The van der Waals surface area contributed by atoms with Crippen LogP contribution in [-0.2, 0) is 12.7 Å². The van der Waals surface area contributed by atoms with Crippen molar-refractivity contribution >= 4 is 6.03 Å². The van der Waals surface area contributed by atoms with Crippen LogP contribution in [0.2, 0.25) is 0 Å². The number of urea groups is 1. The number of alkyl halides is 6. The van der Waals surface area contributed by atoms with Gasteiger partial charge in [-0.2, -0.15) is 31.3 Å². The summed E-state index contributed by atoms with van der Waals surface area (Å²) in [4.78, 5) is 15.8. The van der Waals surface area contributed by atoms with E-state index in [0.717, 1.165) is 4.90 Å². The topological polar surface area (TPSA) is 71.3 Å². The van der Waals surface area contributed by atoms with Gasteiger partial charge in [-0.1, -0.05) is 29.4 Å². The molecule has 0 unspecified atom stereocenters. The molecule has 0 spiro atoms. The molecule has 1 N–H and O–H groups in total. The lowest BCUT2D eigenvalue weighted by molar-refractivity contribution is -0.159. The first-order chi connectivity index (χ1) is 12.0. The second-order valence-electron chi connectivity index (χ2n) is 5.25. The first kappa shape index (κ1) is 19.5. The zero-order valence-electron chi connectivity index (χ0n) is 13.1. The maximum Gasteiger partial charge on any atom is 0.471 e.